The number of carboxylic acids is 1. The van der Waals surface area contributed by atoms with Crippen LogP contribution in [0.4, 0.5) is 13.2 Å². The summed E-state index contributed by atoms with van der Waals surface area (Å²) in [5.41, 5.74) is -1.83. The van der Waals surface area contributed by atoms with Gasteiger partial charge in [0.15, 0.2) is 11.5 Å². The molecule has 2 aliphatic carbocycles. The molecule has 12 heteroatoms. The number of aryl methyl sites for hydroxylation is 1. The van der Waals surface area contributed by atoms with Gasteiger partial charge in [-0.25, -0.2) is 0 Å². The van der Waals surface area contributed by atoms with Crippen molar-refractivity contribution in [3.05, 3.63) is 50.8 Å². The van der Waals surface area contributed by atoms with E-state index in [0.717, 1.165) is 29.3 Å². The van der Waals surface area contributed by atoms with Crippen molar-refractivity contribution in [2.75, 3.05) is 0 Å². The Labute approximate surface area is 259 Å². The smallest absolute Gasteiger partial charge is 0.433 e. The third kappa shape index (κ3) is 7.39. The van der Waals surface area contributed by atoms with E-state index in [9.17, 15) is 32.7 Å². The van der Waals surface area contributed by atoms with E-state index in [-0.39, 0.29) is 59.0 Å². The Morgan fingerprint density at radius 2 is 1.60 bits per heavy atom. The van der Waals surface area contributed by atoms with Crippen LogP contribution in [0.3, 0.4) is 0 Å². The molecule has 1 aromatic heterocycles. The predicted octanol–water partition coefficient (Wildman–Crippen LogP) is 8.31. The number of alkyl halides is 3. The van der Waals surface area contributed by atoms with E-state index in [1.165, 1.54) is 0 Å². The topological polar surface area (TPSA) is 101 Å². The van der Waals surface area contributed by atoms with Crippen molar-refractivity contribution < 1.29 is 32.7 Å². The first kappa shape index (κ1) is 33.3. The summed E-state index contributed by atoms with van der Waals surface area (Å²) in [5, 5.41) is 16.6. The first-order valence-electron chi connectivity index (χ1n) is 14.6. The van der Waals surface area contributed by atoms with E-state index in [1.807, 2.05) is 0 Å². The highest BCUT2D eigenvalue weighted by molar-refractivity contribution is 6.40. The van der Waals surface area contributed by atoms with Crippen molar-refractivity contribution in [2.24, 2.45) is 16.7 Å². The van der Waals surface area contributed by atoms with Gasteiger partial charge in [-0.05, 0) is 94.2 Å². The van der Waals surface area contributed by atoms with E-state index in [4.69, 9.17) is 23.2 Å². The van der Waals surface area contributed by atoms with Crippen molar-refractivity contribution in [3.63, 3.8) is 0 Å². The zero-order valence-electron chi connectivity index (χ0n) is 24.8. The molecule has 1 aromatic carbocycles. The summed E-state index contributed by atoms with van der Waals surface area (Å²) in [6, 6.07) is 1.78. The number of halogens is 5. The highest BCUT2D eigenvalue weighted by Gasteiger charge is 2.45. The second-order valence-electron chi connectivity index (χ2n) is 13.3. The lowest BCUT2D eigenvalue weighted by Gasteiger charge is -2.38. The number of carbonyl (C=O) groups excluding carboxylic acids is 2. The van der Waals surface area contributed by atoms with E-state index in [0.29, 0.717) is 12.8 Å². The van der Waals surface area contributed by atoms with Crippen LogP contribution in [0.2, 0.25) is 10.0 Å². The SMILES string of the molecule is Cc1cc(Cl)c(C(=O)CC(NC(=O)c2cnn(C3CCC(C)(C(=O)O)CC3)c2C(F)(F)F)C2CCC(C)(C)CC2)c(Cl)c1. The minimum absolute atomic E-state index is 0.0833. The molecule has 2 aliphatic rings. The highest BCUT2D eigenvalue weighted by Crippen LogP contribution is 2.44. The van der Waals surface area contributed by atoms with E-state index in [2.05, 4.69) is 24.3 Å². The quantitative estimate of drug-likeness (QED) is 0.282. The third-order valence-corrected chi connectivity index (χ3v) is 9.97. The molecule has 2 N–H and O–H groups in total. The Kier molecular flexibility index (Phi) is 9.62. The van der Waals surface area contributed by atoms with Gasteiger partial charge in [0.25, 0.3) is 5.91 Å². The Morgan fingerprint density at radius 1 is 1.05 bits per heavy atom. The van der Waals surface area contributed by atoms with Gasteiger partial charge < -0.3 is 10.4 Å². The molecule has 0 saturated heterocycles. The van der Waals surface area contributed by atoms with Gasteiger partial charge in [0, 0.05) is 12.5 Å². The van der Waals surface area contributed by atoms with Gasteiger partial charge >= 0.3 is 12.1 Å². The summed E-state index contributed by atoms with van der Waals surface area (Å²) in [7, 11) is 0. The lowest BCUT2D eigenvalue weighted by molar-refractivity contribution is -0.152. The first-order valence-corrected chi connectivity index (χ1v) is 15.4. The average Bonchev–Trinajstić information content (AvgIpc) is 3.34. The van der Waals surface area contributed by atoms with Gasteiger partial charge in [0.1, 0.15) is 0 Å². The molecule has 0 spiro atoms. The van der Waals surface area contributed by atoms with Crippen LogP contribution in [-0.4, -0.2) is 38.6 Å². The number of aliphatic carboxylic acids is 1. The number of ketones is 1. The number of benzene rings is 1. The van der Waals surface area contributed by atoms with Crippen molar-refractivity contribution in [1.29, 1.82) is 0 Å². The summed E-state index contributed by atoms with van der Waals surface area (Å²) in [4.78, 5) is 38.7. The van der Waals surface area contributed by atoms with Crippen LogP contribution in [0.1, 0.15) is 117 Å². The standard InChI is InChI=1S/C31H38Cl2F3N3O4/c1-17-13-21(32)25(22(33)14-17)24(40)15-23(18-5-9-29(2,3)10-6-18)38-27(41)20-16-37-39(26(20)31(34,35)36)19-7-11-30(4,12-8-19)28(42)43/h13-14,16,18-19,23H,5-12,15H2,1-4H3,(H,38,41)(H,42,43). The largest absolute Gasteiger partial charge is 0.481 e. The summed E-state index contributed by atoms with van der Waals surface area (Å²) in [6.45, 7) is 7.66. The molecule has 43 heavy (non-hydrogen) atoms. The number of amides is 1. The van der Waals surface area contributed by atoms with Crippen molar-refractivity contribution in [1.82, 2.24) is 15.1 Å². The summed E-state index contributed by atoms with van der Waals surface area (Å²) < 4.78 is 44.2. The summed E-state index contributed by atoms with van der Waals surface area (Å²) >= 11 is 12.7. The molecule has 0 aliphatic heterocycles. The number of hydrogen-bond donors (Lipinski definition) is 2. The number of nitrogens with zero attached hydrogens (tertiary/aromatic N) is 2. The average molecular weight is 645 g/mol. The van der Waals surface area contributed by atoms with Crippen LogP contribution in [-0.2, 0) is 11.0 Å². The van der Waals surface area contributed by atoms with E-state index in [1.54, 1.807) is 26.0 Å². The fourth-order valence-corrected chi connectivity index (χ4v) is 7.27. The van der Waals surface area contributed by atoms with Gasteiger partial charge in [-0.15, -0.1) is 0 Å². The summed E-state index contributed by atoms with van der Waals surface area (Å²) in [5.74, 6) is -2.49. The van der Waals surface area contributed by atoms with Crippen LogP contribution in [0, 0.1) is 23.7 Å². The highest BCUT2D eigenvalue weighted by atomic mass is 35.5. The first-order chi connectivity index (χ1) is 19.9. The van der Waals surface area contributed by atoms with Gasteiger partial charge in [0.2, 0.25) is 0 Å². The van der Waals surface area contributed by atoms with E-state index >= 15 is 0 Å². The zero-order chi connectivity index (χ0) is 31.9. The molecular formula is C31H38Cl2F3N3O4. The van der Waals surface area contributed by atoms with Gasteiger partial charge in [-0.3, -0.25) is 19.1 Å². The molecular weight excluding hydrogens is 606 g/mol. The number of aromatic nitrogens is 2. The predicted molar refractivity (Wildman–Crippen MR) is 158 cm³/mol. The Hall–Kier alpha value is -2.59. The molecule has 4 rings (SSSR count). The molecule has 7 nitrogen and oxygen atoms in total. The van der Waals surface area contributed by atoms with Gasteiger partial charge in [-0.1, -0.05) is 37.0 Å². The molecule has 0 radical (unpaired) electrons. The molecule has 2 aromatic rings. The third-order valence-electron chi connectivity index (χ3n) is 9.37. The minimum Gasteiger partial charge on any atom is -0.481 e. The Bertz CT molecular complexity index is 1360. The van der Waals surface area contributed by atoms with Crippen LogP contribution in [0.15, 0.2) is 18.3 Å². The number of Topliss-reactive ketones (excluding diaryl/α,β-unsaturated/α-hetero) is 1. The van der Waals surface area contributed by atoms with Gasteiger partial charge in [-0.2, -0.15) is 18.3 Å². The monoisotopic (exact) mass is 643 g/mol. The van der Waals surface area contributed by atoms with Crippen molar-refractivity contribution in [3.8, 4) is 0 Å². The molecule has 1 amide bonds. The molecule has 2 saturated carbocycles. The number of carboxylic acid groups (broad SMARTS) is 1. The number of hydrogen-bond acceptors (Lipinski definition) is 4. The minimum atomic E-state index is -4.89. The number of nitrogens with one attached hydrogen (secondary N) is 1. The van der Waals surface area contributed by atoms with E-state index < -0.39 is 52.6 Å². The van der Waals surface area contributed by atoms with Crippen LogP contribution in [0.5, 0.6) is 0 Å². The second-order valence-corrected chi connectivity index (χ2v) is 14.1. The van der Waals surface area contributed by atoms with Crippen LogP contribution >= 0.6 is 23.2 Å². The normalized spacial score (nSPS) is 23.5. The van der Waals surface area contributed by atoms with Gasteiger partial charge in [0.05, 0.1) is 38.8 Å². The van der Waals surface area contributed by atoms with Crippen molar-refractivity contribution >= 4 is 40.9 Å². The molecule has 1 heterocycles. The summed E-state index contributed by atoms with van der Waals surface area (Å²) in [6.07, 6.45) is -0.336. The second kappa shape index (κ2) is 12.4. The van der Waals surface area contributed by atoms with Crippen LogP contribution < -0.4 is 5.32 Å². The molecule has 0 bridgehead atoms. The Balaban J connectivity index is 1.62. The number of carbonyl (C=O) groups is 3. The zero-order valence-corrected chi connectivity index (χ0v) is 26.3. The fraction of sp³-hybridized carbons (Fsp3) is 0.613. The lowest BCUT2D eigenvalue weighted by Crippen LogP contribution is -2.44. The maximum Gasteiger partial charge on any atom is 0.433 e. The maximum atomic E-state index is 14.4. The number of rotatable bonds is 8. The maximum absolute atomic E-state index is 14.4. The van der Waals surface area contributed by atoms with Crippen LogP contribution in [0.25, 0.3) is 0 Å². The molecule has 1 unspecified atom stereocenters. The molecule has 236 valence electrons. The molecule has 1 atom stereocenters. The van der Waals surface area contributed by atoms with Crippen molar-refractivity contribution in [2.45, 2.75) is 104 Å². The Morgan fingerprint density at radius 3 is 2.12 bits per heavy atom. The fourth-order valence-electron chi connectivity index (χ4n) is 6.46. The molecule has 2 fully saturated rings. The lowest BCUT2D eigenvalue weighted by atomic mass is 9.70.